The summed E-state index contributed by atoms with van der Waals surface area (Å²) in [5.74, 6) is -1.20. The molecule has 3 rings (SSSR count). The minimum Gasteiger partial charge on any atom is -0.478 e. The molecule has 0 aliphatic rings. The summed E-state index contributed by atoms with van der Waals surface area (Å²) >= 11 is 0. The van der Waals surface area contributed by atoms with E-state index in [1.807, 2.05) is 6.92 Å². The SMILES string of the molecule is Cc1ccc(C(=O)O)c(C)c1-c1noc(-c2ccccc2F)n1. The molecule has 23 heavy (non-hydrogen) atoms. The van der Waals surface area contributed by atoms with E-state index in [1.54, 1.807) is 31.2 Å². The zero-order valence-electron chi connectivity index (χ0n) is 12.5. The Morgan fingerprint density at radius 1 is 1.17 bits per heavy atom. The van der Waals surface area contributed by atoms with E-state index >= 15 is 0 Å². The van der Waals surface area contributed by atoms with E-state index in [0.717, 1.165) is 5.56 Å². The van der Waals surface area contributed by atoms with Crippen LogP contribution >= 0.6 is 0 Å². The number of hydrogen-bond acceptors (Lipinski definition) is 4. The Balaban J connectivity index is 2.13. The molecule has 1 heterocycles. The number of aromatic nitrogens is 2. The monoisotopic (exact) mass is 312 g/mol. The molecule has 0 spiro atoms. The summed E-state index contributed by atoms with van der Waals surface area (Å²) in [5, 5.41) is 13.1. The van der Waals surface area contributed by atoms with Crippen molar-refractivity contribution in [3.05, 3.63) is 58.9 Å². The summed E-state index contributed by atoms with van der Waals surface area (Å²) < 4.78 is 19.0. The number of carboxylic acids is 1. The van der Waals surface area contributed by atoms with Crippen LogP contribution in [0.5, 0.6) is 0 Å². The molecular formula is C17H13FN2O3. The number of hydrogen-bond donors (Lipinski definition) is 1. The summed E-state index contributed by atoms with van der Waals surface area (Å²) in [4.78, 5) is 15.5. The lowest BCUT2D eigenvalue weighted by Gasteiger charge is -2.08. The lowest BCUT2D eigenvalue weighted by molar-refractivity contribution is 0.0696. The van der Waals surface area contributed by atoms with Crippen LogP contribution in [0.3, 0.4) is 0 Å². The fraction of sp³-hybridized carbons (Fsp3) is 0.118. The second-order valence-corrected chi connectivity index (χ2v) is 5.14. The normalized spacial score (nSPS) is 10.7. The number of carbonyl (C=O) groups is 1. The van der Waals surface area contributed by atoms with E-state index in [0.29, 0.717) is 11.1 Å². The number of benzene rings is 2. The first-order valence-corrected chi connectivity index (χ1v) is 6.91. The molecule has 0 saturated carbocycles. The van der Waals surface area contributed by atoms with Gasteiger partial charge in [0, 0.05) is 5.56 Å². The predicted molar refractivity (Wildman–Crippen MR) is 81.6 cm³/mol. The standard InChI is InChI=1S/C17H13FN2O3/c1-9-7-8-11(17(21)22)10(2)14(9)15-19-16(23-20-15)12-5-3-4-6-13(12)18/h3-8H,1-2H3,(H,21,22). The van der Waals surface area contributed by atoms with Crippen molar-refractivity contribution >= 4 is 5.97 Å². The molecule has 1 aromatic heterocycles. The first kappa shape index (κ1) is 14.9. The Kier molecular flexibility index (Phi) is 3.65. The minimum atomic E-state index is -1.03. The fourth-order valence-electron chi connectivity index (χ4n) is 2.49. The van der Waals surface area contributed by atoms with Crippen LogP contribution in [-0.2, 0) is 0 Å². The summed E-state index contributed by atoms with van der Waals surface area (Å²) in [5.41, 5.74) is 2.31. The molecule has 1 N–H and O–H groups in total. The fourth-order valence-corrected chi connectivity index (χ4v) is 2.49. The van der Waals surface area contributed by atoms with Gasteiger partial charge in [0.15, 0.2) is 0 Å². The predicted octanol–water partition coefficient (Wildman–Crippen LogP) is 3.86. The second-order valence-electron chi connectivity index (χ2n) is 5.14. The van der Waals surface area contributed by atoms with Gasteiger partial charge in [0.2, 0.25) is 5.82 Å². The van der Waals surface area contributed by atoms with Crippen molar-refractivity contribution in [1.29, 1.82) is 0 Å². The lowest BCUT2D eigenvalue weighted by Crippen LogP contribution is -2.03. The van der Waals surface area contributed by atoms with E-state index in [2.05, 4.69) is 10.1 Å². The Labute approximate surface area is 131 Å². The maximum atomic E-state index is 13.8. The molecule has 0 fully saturated rings. The van der Waals surface area contributed by atoms with Crippen LogP contribution in [0.1, 0.15) is 21.5 Å². The molecule has 0 aliphatic heterocycles. The molecule has 0 atom stereocenters. The topological polar surface area (TPSA) is 76.2 Å². The Bertz CT molecular complexity index is 903. The lowest BCUT2D eigenvalue weighted by atomic mass is 9.97. The number of halogens is 1. The van der Waals surface area contributed by atoms with Crippen LogP contribution in [0, 0.1) is 19.7 Å². The molecule has 0 aliphatic carbocycles. The van der Waals surface area contributed by atoms with Gasteiger partial charge in [0.25, 0.3) is 5.89 Å². The summed E-state index contributed by atoms with van der Waals surface area (Å²) in [6.45, 7) is 3.51. The van der Waals surface area contributed by atoms with Gasteiger partial charge in [0.1, 0.15) is 5.82 Å². The second kappa shape index (κ2) is 5.64. The van der Waals surface area contributed by atoms with E-state index in [1.165, 1.54) is 12.1 Å². The van der Waals surface area contributed by atoms with Crippen molar-refractivity contribution in [2.24, 2.45) is 0 Å². The van der Waals surface area contributed by atoms with Crippen molar-refractivity contribution in [1.82, 2.24) is 10.1 Å². The van der Waals surface area contributed by atoms with Gasteiger partial charge in [-0.25, -0.2) is 9.18 Å². The molecule has 2 aromatic carbocycles. The van der Waals surface area contributed by atoms with Crippen LogP contribution in [0.2, 0.25) is 0 Å². The van der Waals surface area contributed by atoms with Crippen molar-refractivity contribution in [2.45, 2.75) is 13.8 Å². The van der Waals surface area contributed by atoms with Crippen LogP contribution < -0.4 is 0 Å². The van der Waals surface area contributed by atoms with Crippen molar-refractivity contribution in [2.75, 3.05) is 0 Å². The minimum absolute atomic E-state index is 0.0534. The first-order chi connectivity index (χ1) is 11.0. The van der Waals surface area contributed by atoms with E-state index in [-0.39, 0.29) is 22.8 Å². The molecule has 116 valence electrons. The molecule has 0 bridgehead atoms. The van der Waals surface area contributed by atoms with Gasteiger partial charge >= 0.3 is 5.97 Å². The smallest absolute Gasteiger partial charge is 0.335 e. The van der Waals surface area contributed by atoms with E-state index in [9.17, 15) is 14.3 Å². The van der Waals surface area contributed by atoms with Gasteiger partial charge in [-0.1, -0.05) is 23.4 Å². The third-order valence-electron chi connectivity index (χ3n) is 3.66. The molecule has 0 saturated heterocycles. The highest BCUT2D eigenvalue weighted by Gasteiger charge is 2.19. The quantitative estimate of drug-likeness (QED) is 0.794. The van der Waals surface area contributed by atoms with Crippen molar-refractivity contribution in [3.63, 3.8) is 0 Å². The molecular weight excluding hydrogens is 299 g/mol. The third kappa shape index (κ3) is 2.59. The van der Waals surface area contributed by atoms with Gasteiger partial charge in [-0.15, -0.1) is 0 Å². The zero-order chi connectivity index (χ0) is 16.6. The van der Waals surface area contributed by atoms with E-state index < -0.39 is 11.8 Å². The largest absolute Gasteiger partial charge is 0.478 e. The van der Waals surface area contributed by atoms with Crippen LogP contribution in [0.4, 0.5) is 4.39 Å². The van der Waals surface area contributed by atoms with Crippen molar-refractivity contribution in [3.8, 4) is 22.8 Å². The van der Waals surface area contributed by atoms with Crippen molar-refractivity contribution < 1.29 is 18.8 Å². The highest BCUT2D eigenvalue weighted by molar-refractivity contribution is 5.92. The summed E-state index contributed by atoms with van der Waals surface area (Å²) in [6, 6.07) is 9.31. The molecule has 0 unspecified atom stereocenters. The molecule has 6 heteroatoms. The van der Waals surface area contributed by atoms with Gasteiger partial charge in [-0.05, 0) is 43.2 Å². The van der Waals surface area contributed by atoms with Crippen LogP contribution in [0.15, 0.2) is 40.9 Å². The van der Waals surface area contributed by atoms with Gasteiger partial charge in [0.05, 0.1) is 11.1 Å². The summed E-state index contributed by atoms with van der Waals surface area (Å²) in [6.07, 6.45) is 0. The average Bonchev–Trinajstić information content (AvgIpc) is 2.96. The zero-order valence-corrected chi connectivity index (χ0v) is 12.5. The van der Waals surface area contributed by atoms with Gasteiger partial charge < -0.3 is 9.63 Å². The average molecular weight is 312 g/mol. The molecule has 5 nitrogen and oxygen atoms in total. The number of aromatic carboxylic acids is 1. The number of rotatable bonds is 3. The number of aryl methyl sites for hydroxylation is 1. The Morgan fingerprint density at radius 3 is 2.61 bits per heavy atom. The Hall–Kier alpha value is -3.02. The Morgan fingerprint density at radius 2 is 1.91 bits per heavy atom. The summed E-state index contributed by atoms with van der Waals surface area (Å²) in [7, 11) is 0. The first-order valence-electron chi connectivity index (χ1n) is 6.91. The molecule has 0 radical (unpaired) electrons. The van der Waals surface area contributed by atoms with Crippen LogP contribution in [0.25, 0.3) is 22.8 Å². The highest BCUT2D eigenvalue weighted by Crippen LogP contribution is 2.30. The molecule has 0 amide bonds. The third-order valence-corrected chi connectivity index (χ3v) is 3.66. The molecule has 3 aromatic rings. The highest BCUT2D eigenvalue weighted by atomic mass is 19.1. The number of nitrogens with zero attached hydrogens (tertiary/aromatic N) is 2. The van der Waals surface area contributed by atoms with Gasteiger partial charge in [-0.2, -0.15) is 4.98 Å². The number of carboxylic acid groups (broad SMARTS) is 1. The van der Waals surface area contributed by atoms with Crippen LogP contribution in [-0.4, -0.2) is 21.2 Å². The van der Waals surface area contributed by atoms with E-state index in [4.69, 9.17) is 4.52 Å². The maximum Gasteiger partial charge on any atom is 0.335 e. The maximum absolute atomic E-state index is 13.8. The van der Waals surface area contributed by atoms with Gasteiger partial charge in [-0.3, -0.25) is 0 Å².